The molecule has 0 saturated carbocycles. The number of rotatable bonds is 3. The number of carbonyl (C=O) groups is 2. The second kappa shape index (κ2) is 5.11. The van der Waals surface area contributed by atoms with E-state index in [4.69, 9.17) is 0 Å². The van der Waals surface area contributed by atoms with E-state index in [1.165, 1.54) is 11.8 Å². The highest BCUT2D eigenvalue weighted by molar-refractivity contribution is 9.10. The maximum atomic E-state index is 11.7. The number of ether oxygens (including phenoxy) is 1. The monoisotopic (exact) mass is 289 g/mol. The smallest absolute Gasteiger partial charge is 0.325 e. The molecule has 0 bridgehead atoms. The van der Waals surface area contributed by atoms with Crippen LogP contribution in [0.4, 0.5) is 0 Å². The van der Waals surface area contributed by atoms with Crippen molar-refractivity contribution in [1.82, 2.24) is 15.1 Å². The molecule has 1 heterocycles. The minimum atomic E-state index is -0.497. The number of methoxy groups -OCH3 is 1. The summed E-state index contributed by atoms with van der Waals surface area (Å²) in [6.07, 6.45) is 0. The fourth-order valence-corrected chi connectivity index (χ4v) is 1.70. The molecular formula is C9H12BrN3O3. The van der Waals surface area contributed by atoms with E-state index in [2.05, 4.69) is 31.1 Å². The number of halogens is 1. The van der Waals surface area contributed by atoms with Gasteiger partial charge in [0.05, 0.1) is 17.3 Å². The van der Waals surface area contributed by atoms with E-state index in [-0.39, 0.29) is 12.5 Å². The second-order valence-corrected chi connectivity index (χ2v) is 3.92. The lowest BCUT2D eigenvalue weighted by Gasteiger charge is -2.04. The molecule has 1 N–H and O–H groups in total. The molecule has 0 aliphatic heterocycles. The van der Waals surface area contributed by atoms with Crippen LogP contribution >= 0.6 is 15.9 Å². The van der Waals surface area contributed by atoms with Crippen LogP contribution in [0.3, 0.4) is 0 Å². The summed E-state index contributed by atoms with van der Waals surface area (Å²) in [5.74, 6) is -0.872. The van der Waals surface area contributed by atoms with Crippen molar-refractivity contribution in [2.24, 2.45) is 7.05 Å². The van der Waals surface area contributed by atoms with Crippen molar-refractivity contribution in [1.29, 1.82) is 0 Å². The molecule has 0 saturated heterocycles. The standard InChI is InChI=1S/C9H12BrN3O3/c1-5-7(10)8(13(2)12-5)9(15)11-4-6(14)16-3/h4H2,1-3H3,(H,11,15). The van der Waals surface area contributed by atoms with Gasteiger partial charge in [-0.2, -0.15) is 5.10 Å². The summed E-state index contributed by atoms with van der Waals surface area (Å²) in [7, 11) is 2.92. The van der Waals surface area contributed by atoms with E-state index in [9.17, 15) is 9.59 Å². The zero-order valence-corrected chi connectivity index (χ0v) is 10.8. The SMILES string of the molecule is COC(=O)CNC(=O)c1c(Br)c(C)nn1C. The van der Waals surface area contributed by atoms with Gasteiger partial charge in [0.15, 0.2) is 0 Å². The van der Waals surface area contributed by atoms with Gasteiger partial charge in [-0.15, -0.1) is 0 Å². The zero-order valence-electron chi connectivity index (χ0n) is 9.20. The Balaban J connectivity index is 2.77. The highest BCUT2D eigenvalue weighted by Crippen LogP contribution is 2.19. The fraction of sp³-hybridized carbons (Fsp3) is 0.444. The van der Waals surface area contributed by atoms with Gasteiger partial charge in [0.2, 0.25) is 0 Å². The summed E-state index contributed by atoms with van der Waals surface area (Å²) in [6.45, 7) is 1.62. The fourth-order valence-electron chi connectivity index (χ4n) is 1.19. The average Bonchev–Trinajstić information content (AvgIpc) is 2.49. The number of aryl methyl sites for hydroxylation is 2. The third-order valence-electron chi connectivity index (χ3n) is 1.99. The van der Waals surface area contributed by atoms with Gasteiger partial charge in [0.25, 0.3) is 5.91 Å². The zero-order chi connectivity index (χ0) is 12.3. The number of nitrogens with one attached hydrogen (secondary N) is 1. The lowest BCUT2D eigenvalue weighted by molar-refractivity contribution is -0.139. The predicted octanol–water partition coefficient (Wildman–Crippen LogP) is 0.394. The Labute approximate surface area is 101 Å². The number of carbonyl (C=O) groups excluding carboxylic acids is 2. The van der Waals surface area contributed by atoms with Crippen molar-refractivity contribution < 1.29 is 14.3 Å². The van der Waals surface area contributed by atoms with E-state index in [0.29, 0.717) is 15.9 Å². The number of amides is 1. The molecule has 0 radical (unpaired) electrons. The number of esters is 1. The van der Waals surface area contributed by atoms with E-state index in [0.717, 1.165) is 0 Å². The maximum Gasteiger partial charge on any atom is 0.325 e. The second-order valence-electron chi connectivity index (χ2n) is 3.13. The third kappa shape index (κ3) is 2.60. The number of aromatic nitrogens is 2. The molecule has 1 rings (SSSR count). The summed E-state index contributed by atoms with van der Waals surface area (Å²) in [6, 6.07) is 0. The van der Waals surface area contributed by atoms with Crippen molar-refractivity contribution >= 4 is 27.8 Å². The largest absolute Gasteiger partial charge is 0.468 e. The molecule has 0 aliphatic carbocycles. The van der Waals surface area contributed by atoms with Gasteiger partial charge in [-0.05, 0) is 22.9 Å². The number of hydrogen-bond donors (Lipinski definition) is 1. The average molecular weight is 290 g/mol. The predicted molar refractivity (Wildman–Crippen MR) is 60.0 cm³/mol. The van der Waals surface area contributed by atoms with Gasteiger partial charge in [-0.25, -0.2) is 0 Å². The lowest BCUT2D eigenvalue weighted by Crippen LogP contribution is -2.31. The topological polar surface area (TPSA) is 73.2 Å². The molecule has 7 heteroatoms. The van der Waals surface area contributed by atoms with Gasteiger partial charge in [0.1, 0.15) is 12.2 Å². The molecule has 0 atom stereocenters. The van der Waals surface area contributed by atoms with Crippen LogP contribution in [0.1, 0.15) is 16.2 Å². The Bertz CT molecular complexity index is 428. The molecule has 1 amide bonds. The maximum absolute atomic E-state index is 11.7. The van der Waals surface area contributed by atoms with Crippen LogP contribution in [0.2, 0.25) is 0 Å². The van der Waals surface area contributed by atoms with Crippen molar-refractivity contribution in [3.63, 3.8) is 0 Å². The molecule has 1 aromatic heterocycles. The van der Waals surface area contributed by atoms with Gasteiger partial charge in [-0.3, -0.25) is 14.3 Å². The molecule has 1 aromatic rings. The minimum absolute atomic E-state index is 0.161. The van der Waals surface area contributed by atoms with Crippen LogP contribution in [-0.4, -0.2) is 35.3 Å². The molecule has 0 aliphatic rings. The van der Waals surface area contributed by atoms with Crippen molar-refractivity contribution in [2.45, 2.75) is 6.92 Å². The van der Waals surface area contributed by atoms with Crippen molar-refractivity contribution in [3.8, 4) is 0 Å². The summed E-state index contributed by atoms with van der Waals surface area (Å²) >= 11 is 3.27. The number of hydrogen-bond acceptors (Lipinski definition) is 4. The van der Waals surface area contributed by atoms with Crippen LogP contribution in [0, 0.1) is 6.92 Å². The Morgan fingerprint density at radius 2 is 2.19 bits per heavy atom. The van der Waals surface area contributed by atoms with Crippen molar-refractivity contribution in [2.75, 3.05) is 13.7 Å². The normalized spacial score (nSPS) is 10.0. The van der Waals surface area contributed by atoms with Crippen LogP contribution < -0.4 is 5.32 Å². The quantitative estimate of drug-likeness (QED) is 0.817. The molecule has 6 nitrogen and oxygen atoms in total. The van der Waals surface area contributed by atoms with E-state index < -0.39 is 5.97 Å². The van der Waals surface area contributed by atoms with Crippen molar-refractivity contribution in [3.05, 3.63) is 15.9 Å². The third-order valence-corrected chi connectivity index (χ3v) is 2.93. The van der Waals surface area contributed by atoms with Gasteiger partial charge < -0.3 is 10.1 Å². The molecule has 0 spiro atoms. The van der Waals surface area contributed by atoms with E-state index >= 15 is 0 Å². The Hall–Kier alpha value is -1.37. The minimum Gasteiger partial charge on any atom is -0.468 e. The molecular weight excluding hydrogens is 278 g/mol. The number of nitrogens with zero attached hydrogens (tertiary/aromatic N) is 2. The summed E-state index contributed by atoms with van der Waals surface area (Å²) in [5.41, 5.74) is 1.09. The lowest BCUT2D eigenvalue weighted by atomic mass is 10.3. The molecule has 16 heavy (non-hydrogen) atoms. The van der Waals surface area contributed by atoms with Gasteiger partial charge >= 0.3 is 5.97 Å². The Kier molecular flexibility index (Phi) is 4.05. The summed E-state index contributed by atoms with van der Waals surface area (Å²) in [4.78, 5) is 22.6. The summed E-state index contributed by atoms with van der Waals surface area (Å²) < 4.78 is 6.49. The first-order valence-corrected chi connectivity index (χ1v) is 5.30. The van der Waals surface area contributed by atoms with Gasteiger partial charge in [0, 0.05) is 7.05 Å². The van der Waals surface area contributed by atoms with E-state index in [1.54, 1.807) is 14.0 Å². The van der Waals surface area contributed by atoms with E-state index in [1.807, 2.05) is 0 Å². The van der Waals surface area contributed by atoms with Crippen LogP contribution in [0.25, 0.3) is 0 Å². The highest BCUT2D eigenvalue weighted by Gasteiger charge is 2.18. The van der Waals surface area contributed by atoms with Crippen LogP contribution in [0.5, 0.6) is 0 Å². The Morgan fingerprint density at radius 1 is 1.56 bits per heavy atom. The Morgan fingerprint density at radius 3 is 2.62 bits per heavy atom. The molecule has 88 valence electrons. The molecule has 0 fully saturated rings. The molecule has 0 unspecified atom stereocenters. The van der Waals surface area contributed by atoms with Crippen LogP contribution in [-0.2, 0) is 16.6 Å². The highest BCUT2D eigenvalue weighted by atomic mass is 79.9. The first kappa shape index (κ1) is 12.7. The summed E-state index contributed by atoms with van der Waals surface area (Å²) in [5, 5.41) is 6.51. The first-order valence-electron chi connectivity index (χ1n) is 4.51. The van der Waals surface area contributed by atoms with Gasteiger partial charge in [-0.1, -0.05) is 0 Å². The first-order chi connectivity index (χ1) is 7.47. The molecule has 0 aromatic carbocycles. The van der Waals surface area contributed by atoms with Crippen LogP contribution in [0.15, 0.2) is 4.47 Å².